The predicted octanol–water partition coefficient (Wildman–Crippen LogP) is 4.27. The highest BCUT2D eigenvalue weighted by atomic mass is 16.5. The van der Waals surface area contributed by atoms with Crippen molar-refractivity contribution in [1.82, 2.24) is 0 Å². The van der Waals surface area contributed by atoms with Crippen molar-refractivity contribution in [3.63, 3.8) is 0 Å². The van der Waals surface area contributed by atoms with Gasteiger partial charge in [0.05, 0.1) is 12.7 Å². The minimum Gasteiger partial charge on any atom is -0.497 e. The molecule has 0 N–H and O–H groups in total. The quantitative estimate of drug-likeness (QED) is 0.537. The number of benzene rings is 2. The Hall–Kier alpha value is -2.75. The van der Waals surface area contributed by atoms with Crippen LogP contribution in [0.1, 0.15) is 23.7 Å². The topological polar surface area (TPSA) is 44.8 Å². The molecule has 0 aliphatic carbocycles. The molecule has 0 amide bonds. The van der Waals surface area contributed by atoms with Crippen LogP contribution in [0, 0.1) is 0 Å². The molecule has 0 spiro atoms. The van der Waals surface area contributed by atoms with Gasteiger partial charge in [-0.25, -0.2) is 4.79 Å². The number of rotatable bonds is 8. The summed E-state index contributed by atoms with van der Waals surface area (Å²) in [5, 5.41) is 0. The Bertz CT molecular complexity index is 647. The summed E-state index contributed by atoms with van der Waals surface area (Å²) < 4.78 is 16.1. The Morgan fingerprint density at radius 2 is 1.67 bits per heavy atom. The SMILES string of the molecule is COc1ccc(OC/C=C/CC(C)OC(=O)c2ccccc2)cc1. The summed E-state index contributed by atoms with van der Waals surface area (Å²) in [6, 6.07) is 16.4. The third kappa shape index (κ3) is 5.80. The molecule has 0 saturated heterocycles. The highest BCUT2D eigenvalue weighted by Crippen LogP contribution is 2.16. The van der Waals surface area contributed by atoms with Crippen LogP contribution in [-0.4, -0.2) is 25.8 Å². The van der Waals surface area contributed by atoms with E-state index in [1.807, 2.05) is 61.5 Å². The van der Waals surface area contributed by atoms with Crippen LogP contribution in [-0.2, 0) is 4.74 Å². The zero-order valence-electron chi connectivity index (χ0n) is 14.0. The molecule has 1 atom stereocenters. The van der Waals surface area contributed by atoms with Crippen LogP contribution in [0.3, 0.4) is 0 Å². The second-order valence-corrected chi connectivity index (χ2v) is 5.28. The largest absolute Gasteiger partial charge is 0.497 e. The van der Waals surface area contributed by atoms with E-state index in [0.717, 1.165) is 11.5 Å². The van der Waals surface area contributed by atoms with Gasteiger partial charge in [0.15, 0.2) is 0 Å². The van der Waals surface area contributed by atoms with E-state index in [1.165, 1.54) is 0 Å². The molecule has 0 bridgehead atoms. The molecule has 4 nitrogen and oxygen atoms in total. The normalized spacial score (nSPS) is 11.9. The summed E-state index contributed by atoms with van der Waals surface area (Å²) in [4.78, 5) is 11.9. The van der Waals surface area contributed by atoms with Crippen molar-refractivity contribution in [3.8, 4) is 11.5 Å². The van der Waals surface area contributed by atoms with Crippen molar-refractivity contribution >= 4 is 5.97 Å². The fraction of sp³-hybridized carbons (Fsp3) is 0.250. The number of ether oxygens (including phenoxy) is 3. The lowest BCUT2D eigenvalue weighted by molar-refractivity contribution is 0.0348. The summed E-state index contributed by atoms with van der Waals surface area (Å²) in [7, 11) is 1.63. The van der Waals surface area contributed by atoms with E-state index in [-0.39, 0.29) is 12.1 Å². The van der Waals surface area contributed by atoms with E-state index in [9.17, 15) is 4.79 Å². The Morgan fingerprint density at radius 1 is 1.00 bits per heavy atom. The van der Waals surface area contributed by atoms with Gasteiger partial charge >= 0.3 is 5.97 Å². The highest BCUT2D eigenvalue weighted by Gasteiger charge is 2.09. The van der Waals surface area contributed by atoms with E-state index in [0.29, 0.717) is 18.6 Å². The van der Waals surface area contributed by atoms with Gasteiger partial charge < -0.3 is 14.2 Å². The lowest BCUT2D eigenvalue weighted by atomic mass is 10.2. The fourth-order valence-corrected chi connectivity index (χ4v) is 2.05. The van der Waals surface area contributed by atoms with Crippen LogP contribution in [0.25, 0.3) is 0 Å². The van der Waals surface area contributed by atoms with Gasteiger partial charge in [0.1, 0.15) is 24.2 Å². The molecular weight excluding hydrogens is 304 g/mol. The first-order valence-electron chi connectivity index (χ1n) is 7.87. The highest BCUT2D eigenvalue weighted by molar-refractivity contribution is 5.89. The molecule has 4 heteroatoms. The summed E-state index contributed by atoms with van der Waals surface area (Å²) in [6.07, 6.45) is 4.32. The number of esters is 1. The van der Waals surface area contributed by atoms with Crippen molar-refractivity contribution in [2.75, 3.05) is 13.7 Å². The number of carbonyl (C=O) groups excluding carboxylic acids is 1. The third-order valence-electron chi connectivity index (χ3n) is 3.36. The average Bonchev–Trinajstić information content (AvgIpc) is 2.62. The lowest BCUT2D eigenvalue weighted by Gasteiger charge is -2.11. The fourth-order valence-electron chi connectivity index (χ4n) is 2.05. The zero-order valence-corrected chi connectivity index (χ0v) is 14.0. The van der Waals surface area contributed by atoms with Gasteiger partial charge in [0.25, 0.3) is 0 Å². The van der Waals surface area contributed by atoms with Crippen LogP contribution < -0.4 is 9.47 Å². The van der Waals surface area contributed by atoms with Crippen molar-refractivity contribution in [3.05, 3.63) is 72.3 Å². The molecule has 2 aromatic carbocycles. The summed E-state index contributed by atoms with van der Waals surface area (Å²) in [6.45, 7) is 2.33. The van der Waals surface area contributed by atoms with Gasteiger partial charge in [-0.15, -0.1) is 0 Å². The molecule has 0 heterocycles. The van der Waals surface area contributed by atoms with Gasteiger partial charge in [-0.2, -0.15) is 0 Å². The van der Waals surface area contributed by atoms with Gasteiger partial charge in [0, 0.05) is 6.42 Å². The second-order valence-electron chi connectivity index (χ2n) is 5.28. The molecule has 0 fully saturated rings. The standard InChI is InChI=1S/C20H22O4/c1-16(24-20(21)17-9-4-3-5-10-17)8-6-7-15-23-19-13-11-18(22-2)12-14-19/h3-7,9-14,16H,8,15H2,1-2H3/b7-6+. The number of carbonyl (C=O) groups is 1. The number of hydrogen-bond donors (Lipinski definition) is 0. The van der Waals surface area contributed by atoms with Gasteiger partial charge in [0.2, 0.25) is 0 Å². The maximum atomic E-state index is 11.9. The molecule has 0 radical (unpaired) electrons. The number of hydrogen-bond acceptors (Lipinski definition) is 4. The van der Waals surface area contributed by atoms with E-state index in [1.54, 1.807) is 19.2 Å². The molecule has 1 unspecified atom stereocenters. The number of methoxy groups -OCH3 is 1. The first-order chi connectivity index (χ1) is 11.7. The smallest absolute Gasteiger partial charge is 0.338 e. The third-order valence-corrected chi connectivity index (χ3v) is 3.36. The zero-order chi connectivity index (χ0) is 17.2. The van der Waals surface area contributed by atoms with Crippen molar-refractivity contribution in [2.24, 2.45) is 0 Å². The minimum absolute atomic E-state index is 0.185. The van der Waals surface area contributed by atoms with E-state index in [4.69, 9.17) is 14.2 Å². The summed E-state index contributed by atoms with van der Waals surface area (Å²) in [5.74, 6) is 1.28. The Balaban J connectivity index is 1.68. The van der Waals surface area contributed by atoms with E-state index < -0.39 is 0 Å². The van der Waals surface area contributed by atoms with Gasteiger partial charge in [-0.05, 0) is 43.3 Å². The molecule has 0 aliphatic rings. The van der Waals surface area contributed by atoms with Crippen LogP contribution in [0.4, 0.5) is 0 Å². The van der Waals surface area contributed by atoms with E-state index >= 15 is 0 Å². The predicted molar refractivity (Wildman–Crippen MR) is 93.6 cm³/mol. The maximum absolute atomic E-state index is 11.9. The van der Waals surface area contributed by atoms with Crippen molar-refractivity contribution < 1.29 is 19.0 Å². The lowest BCUT2D eigenvalue weighted by Crippen LogP contribution is -2.14. The summed E-state index contributed by atoms with van der Waals surface area (Å²) in [5.41, 5.74) is 0.566. The van der Waals surface area contributed by atoms with Crippen molar-refractivity contribution in [1.29, 1.82) is 0 Å². The molecule has 24 heavy (non-hydrogen) atoms. The Morgan fingerprint density at radius 3 is 2.33 bits per heavy atom. The summed E-state index contributed by atoms with van der Waals surface area (Å²) >= 11 is 0. The van der Waals surface area contributed by atoms with Gasteiger partial charge in [-0.3, -0.25) is 0 Å². The maximum Gasteiger partial charge on any atom is 0.338 e. The van der Waals surface area contributed by atoms with Crippen LogP contribution in [0.2, 0.25) is 0 Å². The second kappa shape index (κ2) is 9.40. The Kier molecular flexibility index (Phi) is 6.90. The minimum atomic E-state index is -0.300. The first-order valence-corrected chi connectivity index (χ1v) is 7.87. The molecule has 2 aromatic rings. The van der Waals surface area contributed by atoms with Crippen LogP contribution >= 0.6 is 0 Å². The average molecular weight is 326 g/mol. The monoisotopic (exact) mass is 326 g/mol. The first kappa shape index (κ1) is 17.6. The Labute approximate surface area is 142 Å². The van der Waals surface area contributed by atoms with Gasteiger partial charge in [-0.1, -0.05) is 30.4 Å². The molecule has 0 aromatic heterocycles. The molecule has 126 valence electrons. The van der Waals surface area contributed by atoms with Crippen molar-refractivity contribution in [2.45, 2.75) is 19.4 Å². The van der Waals surface area contributed by atoms with Crippen LogP contribution in [0.15, 0.2) is 66.7 Å². The van der Waals surface area contributed by atoms with Crippen LogP contribution in [0.5, 0.6) is 11.5 Å². The molecule has 0 saturated carbocycles. The molecule has 2 rings (SSSR count). The molecule has 0 aliphatic heterocycles. The van der Waals surface area contributed by atoms with E-state index in [2.05, 4.69) is 0 Å². The molecular formula is C20H22O4.